The lowest BCUT2D eigenvalue weighted by Gasteiger charge is -2.24. The fraction of sp³-hybridized carbons (Fsp3) is 0.917. The minimum Gasteiger partial charge on any atom is -0.354 e. The average Bonchev–Trinajstić information content (AvgIpc) is 2.26. The Hall–Kier alpha value is -0.0900. The molecule has 1 amide bonds. The van der Waals surface area contributed by atoms with E-state index in [-0.39, 0.29) is 10.7 Å². The Balaban J connectivity index is 3.78. The number of carbonyl (C=O) groups excluding carboxylic acids is 1. The summed E-state index contributed by atoms with van der Waals surface area (Å²) < 4.78 is 0. The highest BCUT2D eigenvalue weighted by Crippen LogP contribution is 2.11. The first-order chi connectivity index (χ1) is 7.40. The first kappa shape index (κ1) is 15.9. The maximum Gasteiger partial charge on any atom is 0.234 e. The van der Waals surface area contributed by atoms with E-state index < -0.39 is 0 Å². The van der Waals surface area contributed by atoms with Crippen LogP contribution >= 0.6 is 15.9 Å². The molecule has 0 aromatic heterocycles. The molecule has 0 rings (SSSR count). The zero-order valence-electron chi connectivity index (χ0n) is 11.1. The molecule has 0 aromatic rings. The smallest absolute Gasteiger partial charge is 0.234 e. The first-order valence-corrected chi connectivity index (χ1v) is 6.93. The van der Waals surface area contributed by atoms with E-state index in [0.717, 1.165) is 13.0 Å². The molecule has 4 heteroatoms. The zero-order chi connectivity index (χ0) is 12.7. The standard InChI is InChI=1S/C12H25BrN2O/c1-6-10(4)15(5)8-7-14-12(16)11(13)9(2)3/h9-11H,6-8H2,1-5H3,(H,14,16). The molecule has 0 aliphatic rings. The Morgan fingerprint density at radius 1 is 1.38 bits per heavy atom. The molecule has 0 radical (unpaired) electrons. The summed E-state index contributed by atoms with van der Waals surface area (Å²) in [5.41, 5.74) is 0. The molecular formula is C12H25BrN2O. The van der Waals surface area contributed by atoms with Crippen LogP contribution in [0.15, 0.2) is 0 Å². The molecule has 0 saturated heterocycles. The molecule has 2 unspecified atom stereocenters. The quantitative estimate of drug-likeness (QED) is 0.730. The molecule has 0 aliphatic carbocycles. The summed E-state index contributed by atoms with van der Waals surface area (Å²) in [5, 5.41) is 2.95. The van der Waals surface area contributed by atoms with E-state index in [4.69, 9.17) is 0 Å². The van der Waals surface area contributed by atoms with Crippen molar-refractivity contribution in [3.63, 3.8) is 0 Å². The summed E-state index contributed by atoms with van der Waals surface area (Å²) >= 11 is 3.39. The van der Waals surface area contributed by atoms with Gasteiger partial charge in [-0.2, -0.15) is 0 Å². The number of likely N-dealkylation sites (N-methyl/N-ethyl adjacent to an activating group) is 1. The number of rotatable bonds is 7. The lowest BCUT2D eigenvalue weighted by molar-refractivity contribution is -0.121. The van der Waals surface area contributed by atoms with Gasteiger partial charge in [0, 0.05) is 19.1 Å². The SMILES string of the molecule is CCC(C)N(C)CCNC(=O)C(Br)C(C)C. The molecule has 0 aromatic carbocycles. The van der Waals surface area contributed by atoms with Crippen molar-refractivity contribution in [3.05, 3.63) is 0 Å². The van der Waals surface area contributed by atoms with E-state index in [1.54, 1.807) is 0 Å². The molecule has 0 bridgehead atoms. The lowest BCUT2D eigenvalue weighted by Crippen LogP contribution is -2.40. The molecule has 0 heterocycles. The van der Waals surface area contributed by atoms with Crippen LogP contribution in [0.5, 0.6) is 0 Å². The Labute approximate surface area is 108 Å². The lowest BCUT2D eigenvalue weighted by atomic mass is 10.1. The van der Waals surface area contributed by atoms with Crippen LogP contribution in [0.25, 0.3) is 0 Å². The van der Waals surface area contributed by atoms with Gasteiger partial charge in [0.05, 0.1) is 4.83 Å². The van der Waals surface area contributed by atoms with Crippen LogP contribution in [0.1, 0.15) is 34.1 Å². The zero-order valence-corrected chi connectivity index (χ0v) is 12.7. The summed E-state index contributed by atoms with van der Waals surface area (Å²) in [7, 11) is 2.09. The molecule has 3 nitrogen and oxygen atoms in total. The van der Waals surface area contributed by atoms with E-state index in [0.29, 0.717) is 18.5 Å². The summed E-state index contributed by atoms with van der Waals surface area (Å²) in [5.74, 6) is 0.417. The van der Waals surface area contributed by atoms with Gasteiger partial charge in [0.2, 0.25) is 5.91 Å². The van der Waals surface area contributed by atoms with Gasteiger partial charge in [-0.25, -0.2) is 0 Å². The third kappa shape index (κ3) is 5.85. The highest BCUT2D eigenvalue weighted by molar-refractivity contribution is 9.10. The van der Waals surface area contributed by atoms with E-state index >= 15 is 0 Å². The molecule has 96 valence electrons. The number of hydrogen-bond donors (Lipinski definition) is 1. The van der Waals surface area contributed by atoms with Gasteiger partial charge in [0.25, 0.3) is 0 Å². The normalized spacial score (nSPS) is 15.2. The van der Waals surface area contributed by atoms with Gasteiger partial charge in [-0.1, -0.05) is 36.7 Å². The van der Waals surface area contributed by atoms with Crippen LogP contribution in [-0.2, 0) is 4.79 Å². The number of nitrogens with zero attached hydrogens (tertiary/aromatic N) is 1. The van der Waals surface area contributed by atoms with Gasteiger partial charge in [0.1, 0.15) is 0 Å². The number of halogens is 1. The van der Waals surface area contributed by atoms with Crippen LogP contribution in [0.3, 0.4) is 0 Å². The van der Waals surface area contributed by atoms with Crippen molar-refractivity contribution < 1.29 is 4.79 Å². The Kier molecular flexibility index (Phi) is 8.02. The summed E-state index contributed by atoms with van der Waals surface area (Å²) in [6, 6.07) is 0.571. The topological polar surface area (TPSA) is 32.3 Å². The third-order valence-corrected chi connectivity index (χ3v) is 4.42. The van der Waals surface area contributed by atoms with Crippen molar-refractivity contribution in [2.24, 2.45) is 5.92 Å². The highest BCUT2D eigenvalue weighted by Gasteiger charge is 2.18. The van der Waals surface area contributed by atoms with E-state index in [1.165, 1.54) is 0 Å². The minimum absolute atomic E-state index is 0.0820. The van der Waals surface area contributed by atoms with Gasteiger partial charge in [0.15, 0.2) is 0 Å². The van der Waals surface area contributed by atoms with Crippen molar-refractivity contribution in [2.45, 2.75) is 45.0 Å². The van der Waals surface area contributed by atoms with Crippen molar-refractivity contribution in [1.29, 1.82) is 0 Å². The van der Waals surface area contributed by atoms with Crippen LogP contribution in [0.2, 0.25) is 0 Å². The van der Waals surface area contributed by atoms with Gasteiger partial charge in [-0.3, -0.25) is 4.79 Å². The summed E-state index contributed by atoms with van der Waals surface area (Å²) in [6.07, 6.45) is 1.14. The van der Waals surface area contributed by atoms with Gasteiger partial charge >= 0.3 is 0 Å². The van der Waals surface area contributed by atoms with Crippen molar-refractivity contribution in [1.82, 2.24) is 10.2 Å². The second-order valence-corrected chi connectivity index (χ2v) is 5.66. The monoisotopic (exact) mass is 292 g/mol. The first-order valence-electron chi connectivity index (χ1n) is 6.02. The maximum atomic E-state index is 11.6. The van der Waals surface area contributed by atoms with E-state index in [9.17, 15) is 4.79 Å². The van der Waals surface area contributed by atoms with Gasteiger partial charge < -0.3 is 10.2 Å². The molecule has 16 heavy (non-hydrogen) atoms. The average molecular weight is 293 g/mol. The number of hydrogen-bond acceptors (Lipinski definition) is 2. The molecular weight excluding hydrogens is 268 g/mol. The summed E-state index contributed by atoms with van der Waals surface area (Å²) in [6.45, 7) is 10.1. The van der Waals surface area contributed by atoms with Crippen LogP contribution in [0.4, 0.5) is 0 Å². The summed E-state index contributed by atoms with van der Waals surface area (Å²) in [4.78, 5) is 13.8. The van der Waals surface area contributed by atoms with Gasteiger partial charge in [-0.15, -0.1) is 0 Å². The number of carbonyl (C=O) groups is 1. The second kappa shape index (κ2) is 8.07. The van der Waals surface area contributed by atoms with E-state index in [1.807, 2.05) is 13.8 Å². The fourth-order valence-electron chi connectivity index (χ4n) is 1.29. The fourth-order valence-corrected chi connectivity index (χ4v) is 1.45. The van der Waals surface area contributed by atoms with Crippen molar-refractivity contribution >= 4 is 21.8 Å². The molecule has 0 fully saturated rings. The molecule has 2 atom stereocenters. The molecule has 0 aliphatic heterocycles. The highest BCUT2D eigenvalue weighted by atomic mass is 79.9. The second-order valence-electron chi connectivity index (χ2n) is 4.67. The molecule has 0 spiro atoms. The predicted molar refractivity (Wildman–Crippen MR) is 72.9 cm³/mol. The Morgan fingerprint density at radius 2 is 1.94 bits per heavy atom. The molecule has 1 N–H and O–H groups in total. The van der Waals surface area contributed by atoms with Gasteiger partial charge in [-0.05, 0) is 26.3 Å². The maximum absolute atomic E-state index is 11.6. The predicted octanol–water partition coefficient (Wildman–Crippen LogP) is 2.25. The van der Waals surface area contributed by atoms with Crippen molar-refractivity contribution in [2.75, 3.05) is 20.1 Å². The Bertz CT molecular complexity index is 209. The number of alkyl halides is 1. The third-order valence-electron chi connectivity index (χ3n) is 2.94. The minimum atomic E-state index is -0.0820. The van der Waals surface area contributed by atoms with E-state index in [2.05, 4.69) is 47.0 Å². The molecule has 0 saturated carbocycles. The van der Waals surface area contributed by atoms with Crippen LogP contribution in [-0.4, -0.2) is 41.8 Å². The number of amides is 1. The number of nitrogens with one attached hydrogen (secondary N) is 1. The largest absolute Gasteiger partial charge is 0.354 e. The van der Waals surface area contributed by atoms with Crippen LogP contribution < -0.4 is 5.32 Å². The Morgan fingerprint density at radius 3 is 2.38 bits per heavy atom. The van der Waals surface area contributed by atoms with Crippen molar-refractivity contribution in [3.8, 4) is 0 Å². The van der Waals surface area contributed by atoms with Crippen LogP contribution in [0, 0.1) is 5.92 Å².